The van der Waals surface area contributed by atoms with Gasteiger partial charge in [-0.1, -0.05) is 12.1 Å². The molecule has 0 N–H and O–H groups in total. The zero-order valence-electron chi connectivity index (χ0n) is 18.4. The molecule has 170 valence electrons. The normalized spacial score (nSPS) is 17.7. The summed E-state index contributed by atoms with van der Waals surface area (Å²) in [5, 5.41) is 0. The zero-order chi connectivity index (χ0) is 22.5. The van der Waals surface area contributed by atoms with E-state index in [9.17, 15) is 9.59 Å². The second kappa shape index (κ2) is 10.4. The molecule has 0 aliphatic carbocycles. The number of hydrogen-bond donors (Lipinski definition) is 0. The summed E-state index contributed by atoms with van der Waals surface area (Å²) in [6.07, 6.45) is 1.67. The minimum absolute atomic E-state index is 0.0600. The minimum atomic E-state index is -0.247. The molecule has 0 unspecified atom stereocenters. The molecule has 4 rings (SSSR count). The van der Waals surface area contributed by atoms with E-state index in [0.29, 0.717) is 42.5 Å². The standard InChI is InChI=1S/C24H28N2O5S/c1-17(2)31-19-7-5-18(6-8-19)21-22(32-16-20-4-3-13-30-20)24(28)26(23(21)27)10-9-25-11-14-29-15-12-25/h3-8,13,17H,9-12,14-16H2,1-2H3. The summed E-state index contributed by atoms with van der Waals surface area (Å²) >= 11 is 1.35. The van der Waals surface area contributed by atoms with Crippen LogP contribution in [0.5, 0.6) is 5.75 Å². The second-order valence-electron chi connectivity index (χ2n) is 7.98. The minimum Gasteiger partial charge on any atom is -0.491 e. The second-order valence-corrected chi connectivity index (χ2v) is 8.96. The van der Waals surface area contributed by atoms with Gasteiger partial charge in [0, 0.05) is 26.2 Å². The fraction of sp³-hybridized carbons (Fsp3) is 0.417. The van der Waals surface area contributed by atoms with E-state index in [4.69, 9.17) is 13.9 Å². The first-order valence-corrected chi connectivity index (χ1v) is 11.8. The van der Waals surface area contributed by atoms with Gasteiger partial charge in [-0.3, -0.25) is 19.4 Å². The number of morpholine rings is 1. The number of benzene rings is 1. The number of imide groups is 1. The first-order valence-electron chi connectivity index (χ1n) is 10.9. The van der Waals surface area contributed by atoms with Crippen molar-refractivity contribution in [1.29, 1.82) is 0 Å². The number of ether oxygens (including phenoxy) is 2. The van der Waals surface area contributed by atoms with E-state index < -0.39 is 0 Å². The van der Waals surface area contributed by atoms with Crippen molar-refractivity contribution in [2.75, 3.05) is 39.4 Å². The van der Waals surface area contributed by atoms with Crippen molar-refractivity contribution in [1.82, 2.24) is 9.80 Å². The molecule has 3 heterocycles. The third-order valence-corrected chi connectivity index (χ3v) is 6.42. The number of carbonyl (C=O) groups is 2. The summed E-state index contributed by atoms with van der Waals surface area (Å²) in [4.78, 5) is 30.7. The number of carbonyl (C=O) groups excluding carboxylic acids is 2. The molecule has 32 heavy (non-hydrogen) atoms. The summed E-state index contributed by atoms with van der Waals surface area (Å²) in [7, 11) is 0. The number of furan rings is 1. The summed E-state index contributed by atoms with van der Waals surface area (Å²) in [6, 6.07) is 11.0. The average molecular weight is 457 g/mol. The van der Waals surface area contributed by atoms with Gasteiger partial charge in [0.1, 0.15) is 11.5 Å². The Morgan fingerprint density at radius 2 is 1.78 bits per heavy atom. The largest absolute Gasteiger partial charge is 0.491 e. The first-order chi connectivity index (χ1) is 15.5. The Morgan fingerprint density at radius 3 is 2.44 bits per heavy atom. The maximum absolute atomic E-state index is 13.4. The van der Waals surface area contributed by atoms with Gasteiger partial charge in [-0.25, -0.2) is 0 Å². The Hall–Kier alpha value is -2.55. The zero-order valence-corrected chi connectivity index (χ0v) is 19.2. The molecule has 0 saturated carbocycles. The van der Waals surface area contributed by atoms with Crippen LogP contribution < -0.4 is 4.74 Å². The maximum atomic E-state index is 13.4. The van der Waals surface area contributed by atoms with Crippen LogP contribution in [0.4, 0.5) is 0 Å². The van der Waals surface area contributed by atoms with Crippen LogP contribution in [0.2, 0.25) is 0 Å². The highest BCUT2D eigenvalue weighted by Gasteiger charge is 2.39. The van der Waals surface area contributed by atoms with Crippen molar-refractivity contribution in [2.45, 2.75) is 25.7 Å². The van der Waals surface area contributed by atoms with Crippen molar-refractivity contribution in [3.05, 3.63) is 58.9 Å². The number of amides is 2. The lowest BCUT2D eigenvalue weighted by molar-refractivity contribution is -0.136. The molecular formula is C24H28N2O5S. The first kappa shape index (κ1) is 22.6. The predicted molar refractivity (Wildman–Crippen MR) is 123 cm³/mol. The molecule has 2 amide bonds. The Balaban J connectivity index is 1.55. The van der Waals surface area contributed by atoms with Crippen molar-refractivity contribution in [2.24, 2.45) is 0 Å². The number of hydrogen-bond acceptors (Lipinski definition) is 7. The third kappa shape index (κ3) is 5.26. The molecule has 2 aromatic rings. The van der Waals surface area contributed by atoms with Gasteiger partial charge in [-0.15, -0.1) is 11.8 Å². The van der Waals surface area contributed by atoms with E-state index in [-0.39, 0.29) is 17.9 Å². The lowest BCUT2D eigenvalue weighted by Crippen LogP contribution is -2.43. The highest BCUT2D eigenvalue weighted by atomic mass is 32.2. The van der Waals surface area contributed by atoms with Crippen LogP contribution >= 0.6 is 11.8 Å². The van der Waals surface area contributed by atoms with Crippen LogP contribution in [0.1, 0.15) is 25.2 Å². The van der Waals surface area contributed by atoms with Crippen LogP contribution in [-0.4, -0.2) is 67.1 Å². The van der Waals surface area contributed by atoms with E-state index in [1.165, 1.54) is 16.7 Å². The van der Waals surface area contributed by atoms with E-state index in [1.807, 2.05) is 50.2 Å². The molecule has 0 spiro atoms. The van der Waals surface area contributed by atoms with Gasteiger partial charge in [0.2, 0.25) is 0 Å². The van der Waals surface area contributed by atoms with Crippen LogP contribution in [0.3, 0.4) is 0 Å². The molecule has 1 aromatic heterocycles. The van der Waals surface area contributed by atoms with E-state index in [2.05, 4.69) is 4.90 Å². The lowest BCUT2D eigenvalue weighted by Gasteiger charge is -2.28. The van der Waals surface area contributed by atoms with Gasteiger partial charge in [-0.05, 0) is 43.7 Å². The van der Waals surface area contributed by atoms with Crippen molar-refractivity contribution in [3.8, 4) is 5.75 Å². The van der Waals surface area contributed by atoms with E-state index >= 15 is 0 Å². The van der Waals surface area contributed by atoms with Gasteiger partial charge in [-0.2, -0.15) is 0 Å². The smallest absolute Gasteiger partial charge is 0.268 e. The Kier molecular flexibility index (Phi) is 7.34. The Morgan fingerprint density at radius 1 is 1.03 bits per heavy atom. The van der Waals surface area contributed by atoms with Crippen LogP contribution in [0, 0.1) is 0 Å². The highest BCUT2D eigenvalue weighted by molar-refractivity contribution is 8.03. The van der Waals surface area contributed by atoms with Crippen molar-refractivity contribution >= 4 is 29.1 Å². The molecular weight excluding hydrogens is 428 g/mol. The SMILES string of the molecule is CC(C)Oc1ccc(C2=C(SCc3ccco3)C(=O)N(CCN3CCOCC3)C2=O)cc1. The van der Waals surface area contributed by atoms with Gasteiger partial charge >= 0.3 is 0 Å². The molecule has 0 bridgehead atoms. The summed E-state index contributed by atoms with van der Waals surface area (Å²) in [6.45, 7) is 7.92. The van der Waals surface area contributed by atoms with E-state index in [1.54, 1.807) is 6.26 Å². The molecule has 0 radical (unpaired) electrons. The van der Waals surface area contributed by atoms with Crippen LogP contribution in [0.25, 0.3) is 5.57 Å². The predicted octanol–water partition coefficient (Wildman–Crippen LogP) is 3.41. The van der Waals surface area contributed by atoms with Crippen molar-refractivity contribution < 1.29 is 23.5 Å². The molecule has 7 nitrogen and oxygen atoms in total. The number of thioether (sulfide) groups is 1. The molecule has 8 heteroatoms. The van der Waals surface area contributed by atoms with Gasteiger partial charge in [0.15, 0.2) is 0 Å². The molecule has 1 fully saturated rings. The van der Waals surface area contributed by atoms with E-state index in [0.717, 1.165) is 30.2 Å². The molecule has 1 aromatic carbocycles. The molecule has 0 atom stereocenters. The van der Waals surface area contributed by atoms with Crippen LogP contribution in [0.15, 0.2) is 52.0 Å². The van der Waals surface area contributed by atoms with Gasteiger partial charge in [0.05, 0.1) is 41.8 Å². The molecule has 2 aliphatic heterocycles. The maximum Gasteiger partial charge on any atom is 0.268 e. The topological polar surface area (TPSA) is 72.2 Å². The average Bonchev–Trinajstić information content (AvgIpc) is 3.38. The fourth-order valence-corrected chi connectivity index (χ4v) is 4.76. The number of rotatable bonds is 9. The molecule has 1 saturated heterocycles. The fourth-order valence-electron chi connectivity index (χ4n) is 3.72. The molecule has 2 aliphatic rings. The Bertz CT molecular complexity index is 963. The third-order valence-electron chi connectivity index (χ3n) is 5.32. The van der Waals surface area contributed by atoms with Gasteiger partial charge in [0.25, 0.3) is 11.8 Å². The quantitative estimate of drug-likeness (QED) is 0.536. The summed E-state index contributed by atoms with van der Waals surface area (Å²) in [5.74, 6) is 1.49. The summed E-state index contributed by atoms with van der Waals surface area (Å²) in [5.41, 5.74) is 1.17. The van der Waals surface area contributed by atoms with Crippen LogP contribution in [-0.2, 0) is 20.1 Å². The number of nitrogens with zero attached hydrogens (tertiary/aromatic N) is 2. The summed E-state index contributed by atoms with van der Waals surface area (Å²) < 4.78 is 16.5. The van der Waals surface area contributed by atoms with Crippen molar-refractivity contribution in [3.63, 3.8) is 0 Å². The highest BCUT2D eigenvalue weighted by Crippen LogP contribution is 2.38. The van der Waals surface area contributed by atoms with Gasteiger partial charge < -0.3 is 13.9 Å². The lowest BCUT2D eigenvalue weighted by atomic mass is 10.1. The Labute approximate surface area is 192 Å². The monoisotopic (exact) mass is 456 g/mol.